The predicted molar refractivity (Wildman–Crippen MR) is 143 cm³/mol. The molecule has 1 fully saturated rings. The maximum absolute atomic E-state index is 12.8. The molecule has 1 N–H and O–H groups in total. The van der Waals surface area contributed by atoms with E-state index in [2.05, 4.69) is 27.3 Å². The Morgan fingerprint density at radius 2 is 1.73 bits per heavy atom. The van der Waals surface area contributed by atoms with Crippen LogP contribution in [0.3, 0.4) is 0 Å². The Hall–Kier alpha value is -3.80. The van der Waals surface area contributed by atoms with Crippen molar-refractivity contribution in [3.05, 3.63) is 78.0 Å². The fourth-order valence-corrected chi connectivity index (χ4v) is 4.66. The molecule has 0 saturated carbocycles. The fourth-order valence-electron chi connectivity index (χ4n) is 4.39. The Balaban J connectivity index is 1.36. The van der Waals surface area contributed by atoms with Gasteiger partial charge in [-0.2, -0.15) is 0 Å². The summed E-state index contributed by atoms with van der Waals surface area (Å²) in [5.41, 5.74) is 4.83. The number of benzene rings is 2. The monoisotopic (exact) mass is 519 g/mol. The van der Waals surface area contributed by atoms with Gasteiger partial charge in [-0.1, -0.05) is 24.3 Å². The van der Waals surface area contributed by atoms with E-state index in [1.54, 1.807) is 17.8 Å². The molecule has 1 aliphatic heterocycles. The lowest BCUT2D eigenvalue weighted by Gasteiger charge is -2.32. The Bertz CT molecular complexity index is 1480. The third-order valence-electron chi connectivity index (χ3n) is 6.55. The minimum Gasteiger partial charge on any atom is -0.336 e. The lowest BCUT2D eigenvalue weighted by Crippen LogP contribution is -2.47. The summed E-state index contributed by atoms with van der Waals surface area (Å²) in [6, 6.07) is 18.9. The summed E-state index contributed by atoms with van der Waals surface area (Å²) >= 11 is 0. The molecule has 5 rings (SSSR count). The number of anilines is 2. The van der Waals surface area contributed by atoms with Crippen molar-refractivity contribution in [2.75, 3.05) is 45.6 Å². The maximum Gasteiger partial charge on any atom is 0.253 e. The van der Waals surface area contributed by atoms with Crippen molar-refractivity contribution < 1.29 is 13.2 Å². The third-order valence-corrected chi connectivity index (χ3v) is 7.25. The first-order chi connectivity index (χ1) is 17.9. The lowest BCUT2D eigenvalue weighted by molar-refractivity contribution is 0.0664. The second-order valence-corrected chi connectivity index (χ2v) is 10.3. The molecule has 2 aromatic heterocycles. The van der Waals surface area contributed by atoms with Crippen LogP contribution < -0.4 is 5.32 Å². The number of rotatable bonds is 7. The molecule has 1 saturated heterocycles. The average molecular weight is 520 g/mol. The smallest absolute Gasteiger partial charge is 0.253 e. The van der Waals surface area contributed by atoms with Gasteiger partial charge in [0.1, 0.15) is 0 Å². The highest BCUT2D eigenvalue weighted by atomic mass is 32.2. The summed E-state index contributed by atoms with van der Waals surface area (Å²) in [7, 11) is 0.942. The molecule has 4 aromatic rings. The van der Waals surface area contributed by atoms with Gasteiger partial charge in [0.2, 0.25) is 16.8 Å². The second-order valence-electron chi connectivity index (χ2n) is 9.15. The van der Waals surface area contributed by atoms with E-state index in [0.717, 1.165) is 54.2 Å². The average Bonchev–Trinajstić information content (AvgIpc) is 3.32. The van der Waals surface area contributed by atoms with Crippen molar-refractivity contribution in [2.24, 2.45) is 0 Å². The molecule has 0 radical (unpaired) electrons. The van der Waals surface area contributed by atoms with E-state index >= 15 is 0 Å². The first-order valence-electron chi connectivity index (χ1n) is 12.0. The van der Waals surface area contributed by atoms with Crippen LogP contribution in [0.5, 0.6) is 0 Å². The molecule has 0 unspecified atom stereocenters. The van der Waals surface area contributed by atoms with Crippen LogP contribution in [0.2, 0.25) is 0 Å². The van der Waals surface area contributed by atoms with Crippen molar-refractivity contribution in [2.45, 2.75) is 6.54 Å². The van der Waals surface area contributed by atoms with Gasteiger partial charge in [-0.25, -0.2) is 22.2 Å². The van der Waals surface area contributed by atoms with E-state index < -0.39 is 10.9 Å². The summed E-state index contributed by atoms with van der Waals surface area (Å²) in [6.07, 6.45) is 1.73. The predicted octanol–water partition coefficient (Wildman–Crippen LogP) is 2.49. The van der Waals surface area contributed by atoms with E-state index in [9.17, 15) is 13.2 Å². The van der Waals surface area contributed by atoms with Crippen molar-refractivity contribution in [3.63, 3.8) is 0 Å². The molecule has 11 heteroatoms. The molecule has 0 aliphatic carbocycles. The third kappa shape index (κ3) is 5.48. The standard InChI is InChI=1S/C26H29N7O3S/c1-30-13-15-32(16-14-30)25(34)19-7-9-21(10-8-19)28-26-27-17-22-11-12-24(33(22)29-26)23-6-4-3-5-20(23)18-31(2)37(35)36/h3-12,17,37H,13-16,18H2,1-2H3,(H,28,29). The minimum absolute atomic E-state index is 0.0418. The Morgan fingerprint density at radius 3 is 2.46 bits per heavy atom. The Labute approximate surface area is 217 Å². The zero-order valence-corrected chi connectivity index (χ0v) is 21.6. The highest BCUT2D eigenvalue weighted by Crippen LogP contribution is 2.27. The number of piperazine rings is 1. The van der Waals surface area contributed by atoms with Crippen LogP contribution >= 0.6 is 0 Å². The summed E-state index contributed by atoms with van der Waals surface area (Å²) in [5, 5.41) is 7.90. The van der Waals surface area contributed by atoms with E-state index in [0.29, 0.717) is 11.5 Å². The maximum atomic E-state index is 12.8. The largest absolute Gasteiger partial charge is 0.336 e. The quantitative estimate of drug-likeness (QED) is 0.362. The molecular weight excluding hydrogens is 490 g/mol. The van der Waals surface area contributed by atoms with Crippen LogP contribution in [0.15, 0.2) is 66.9 Å². The Morgan fingerprint density at radius 1 is 1.00 bits per heavy atom. The zero-order valence-electron chi connectivity index (χ0n) is 20.7. The molecule has 1 aliphatic rings. The molecule has 192 valence electrons. The van der Waals surface area contributed by atoms with Crippen molar-refractivity contribution in [3.8, 4) is 11.3 Å². The number of carbonyl (C=O) groups is 1. The van der Waals surface area contributed by atoms with E-state index in [1.165, 1.54) is 4.31 Å². The van der Waals surface area contributed by atoms with Crippen LogP contribution in [0, 0.1) is 0 Å². The minimum atomic E-state index is -2.67. The van der Waals surface area contributed by atoms with Gasteiger partial charge in [-0.15, -0.1) is 5.10 Å². The molecular formula is C26H29N7O3S. The first-order valence-corrected chi connectivity index (χ1v) is 13.2. The number of hydrogen-bond donors (Lipinski definition) is 2. The number of nitrogens with zero attached hydrogens (tertiary/aromatic N) is 6. The summed E-state index contributed by atoms with van der Waals surface area (Å²) < 4.78 is 25.8. The molecule has 2 aromatic carbocycles. The normalized spacial score (nSPS) is 14.5. The van der Waals surface area contributed by atoms with Crippen molar-refractivity contribution in [1.82, 2.24) is 28.7 Å². The summed E-state index contributed by atoms with van der Waals surface area (Å²) in [5.74, 6) is 0.445. The number of fused-ring (bicyclic) bond motifs is 1. The number of thiol groups is 1. The van der Waals surface area contributed by atoms with Crippen LogP contribution in [0.4, 0.5) is 11.6 Å². The van der Waals surface area contributed by atoms with Gasteiger partial charge in [-0.3, -0.25) is 4.79 Å². The number of carbonyl (C=O) groups excluding carboxylic acids is 1. The van der Waals surface area contributed by atoms with E-state index in [1.807, 2.05) is 65.6 Å². The van der Waals surface area contributed by atoms with Crippen molar-refractivity contribution >= 4 is 33.9 Å². The lowest BCUT2D eigenvalue weighted by atomic mass is 10.0. The molecule has 0 atom stereocenters. The van der Waals surface area contributed by atoms with Gasteiger partial charge in [0.15, 0.2) is 0 Å². The van der Waals surface area contributed by atoms with E-state index in [-0.39, 0.29) is 12.5 Å². The number of aromatic nitrogens is 3. The molecule has 37 heavy (non-hydrogen) atoms. The number of nitrogens with one attached hydrogen (secondary N) is 1. The van der Waals surface area contributed by atoms with Crippen molar-refractivity contribution in [1.29, 1.82) is 0 Å². The molecule has 0 bridgehead atoms. The summed E-state index contributed by atoms with van der Waals surface area (Å²) in [6.45, 7) is 3.49. The van der Waals surface area contributed by atoms with Crippen LogP contribution in [-0.4, -0.2) is 83.3 Å². The van der Waals surface area contributed by atoms with Crippen LogP contribution in [0.25, 0.3) is 16.8 Å². The highest BCUT2D eigenvalue weighted by Gasteiger charge is 2.20. The van der Waals surface area contributed by atoms with Gasteiger partial charge >= 0.3 is 0 Å². The topological polar surface area (TPSA) is 103 Å². The van der Waals surface area contributed by atoms with Crippen LogP contribution in [-0.2, 0) is 17.4 Å². The number of hydrogen-bond acceptors (Lipinski definition) is 7. The van der Waals surface area contributed by atoms with Gasteiger partial charge in [0.05, 0.1) is 17.4 Å². The molecule has 1 amide bonds. The highest BCUT2D eigenvalue weighted by molar-refractivity contribution is 7.69. The first kappa shape index (κ1) is 24.9. The van der Waals surface area contributed by atoms with E-state index in [4.69, 9.17) is 0 Å². The molecule has 0 spiro atoms. The second kappa shape index (κ2) is 10.7. The van der Waals surface area contributed by atoms with Crippen LogP contribution in [0.1, 0.15) is 15.9 Å². The summed E-state index contributed by atoms with van der Waals surface area (Å²) in [4.78, 5) is 21.4. The molecule has 3 heterocycles. The van der Waals surface area contributed by atoms with Gasteiger partial charge in [0.25, 0.3) is 5.91 Å². The fraction of sp³-hybridized carbons (Fsp3) is 0.269. The Kier molecular flexibility index (Phi) is 7.17. The SMILES string of the molecule is CN1CCN(C(=O)c2ccc(Nc3ncc4ccc(-c5ccccc5CN(C)[SH](=O)=O)n4n3)cc2)CC1. The van der Waals surface area contributed by atoms with Gasteiger partial charge < -0.3 is 15.1 Å². The number of amides is 1. The number of likely N-dealkylation sites (N-methyl/N-ethyl adjacent to an activating group) is 1. The van der Waals surface area contributed by atoms with Gasteiger partial charge in [-0.05, 0) is 49.0 Å². The molecule has 10 nitrogen and oxygen atoms in total. The zero-order chi connectivity index (χ0) is 25.9. The van der Waals surface area contributed by atoms with Gasteiger partial charge in [0, 0.05) is 56.6 Å².